The first-order valence-corrected chi connectivity index (χ1v) is 9.05. The SMILES string of the molecule is CCOc1ccccc1OC(=O)c1ccc(Sc2nncn2C)c([N+](=O)[O-])c1. The maximum atomic E-state index is 12.5. The van der Waals surface area contributed by atoms with Gasteiger partial charge in [-0.2, -0.15) is 0 Å². The molecule has 10 heteroatoms. The van der Waals surface area contributed by atoms with Crippen molar-refractivity contribution in [3.05, 3.63) is 64.5 Å². The van der Waals surface area contributed by atoms with Crippen LogP contribution < -0.4 is 9.47 Å². The van der Waals surface area contributed by atoms with Crippen molar-refractivity contribution in [2.24, 2.45) is 7.05 Å². The maximum absolute atomic E-state index is 12.5. The molecule has 144 valence electrons. The van der Waals surface area contributed by atoms with Gasteiger partial charge in [-0.15, -0.1) is 10.2 Å². The minimum Gasteiger partial charge on any atom is -0.490 e. The second-order valence-corrected chi connectivity index (χ2v) is 6.54. The Morgan fingerprint density at radius 1 is 1.25 bits per heavy atom. The summed E-state index contributed by atoms with van der Waals surface area (Å²) in [5.41, 5.74) is -0.166. The third-order valence-corrected chi connectivity index (χ3v) is 4.73. The van der Waals surface area contributed by atoms with Crippen molar-refractivity contribution in [2.75, 3.05) is 6.61 Å². The Hall–Kier alpha value is -3.40. The standard InChI is InChI=1S/C18H16N4O5S/c1-3-26-14-6-4-5-7-15(14)27-17(23)12-8-9-16(13(10-12)22(24)25)28-18-20-19-11-21(18)2/h4-11H,3H2,1-2H3. The second-order valence-electron chi connectivity index (χ2n) is 5.54. The van der Waals surface area contributed by atoms with Crippen LogP contribution in [0.3, 0.4) is 0 Å². The number of hydrogen-bond donors (Lipinski definition) is 0. The molecule has 0 bridgehead atoms. The van der Waals surface area contributed by atoms with E-state index in [0.717, 1.165) is 11.8 Å². The predicted octanol–water partition coefficient (Wildman–Crippen LogP) is 3.49. The zero-order valence-corrected chi connectivity index (χ0v) is 15.9. The topological polar surface area (TPSA) is 109 Å². The summed E-state index contributed by atoms with van der Waals surface area (Å²) < 4.78 is 12.4. The first kappa shape index (κ1) is 19.4. The van der Waals surface area contributed by atoms with Crippen LogP contribution in [0.1, 0.15) is 17.3 Å². The van der Waals surface area contributed by atoms with Gasteiger partial charge in [0.1, 0.15) is 6.33 Å². The molecule has 0 unspecified atom stereocenters. The fourth-order valence-corrected chi connectivity index (χ4v) is 3.15. The third-order valence-electron chi connectivity index (χ3n) is 3.61. The monoisotopic (exact) mass is 400 g/mol. The molecule has 1 heterocycles. The highest BCUT2D eigenvalue weighted by Gasteiger charge is 2.21. The van der Waals surface area contributed by atoms with Crippen LogP contribution >= 0.6 is 11.8 Å². The molecule has 0 amide bonds. The molecule has 28 heavy (non-hydrogen) atoms. The number of ether oxygens (including phenoxy) is 2. The van der Waals surface area contributed by atoms with Gasteiger partial charge in [0.2, 0.25) is 0 Å². The van der Waals surface area contributed by atoms with Gasteiger partial charge in [0.15, 0.2) is 16.7 Å². The molecule has 0 saturated carbocycles. The second kappa shape index (κ2) is 8.53. The lowest BCUT2D eigenvalue weighted by Gasteiger charge is -2.10. The van der Waals surface area contributed by atoms with Crippen molar-refractivity contribution < 1.29 is 19.2 Å². The first-order chi connectivity index (χ1) is 13.5. The number of carbonyl (C=O) groups excluding carboxylic acids is 1. The molecule has 1 aromatic heterocycles. The van der Waals surface area contributed by atoms with Crippen LogP contribution in [0, 0.1) is 10.1 Å². The molecule has 3 rings (SSSR count). The van der Waals surface area contributed by atoms with E-state index in [-0.39, 0.29) is 17.0 Å². The Labute approximate surface area is 164 Å². The van der Waals surface area contributed by atoms with Crippen molar-refractivity contribution >= 4 is 23.4 Å². The number of hydrogen-bond acceptors (Lipinski definition) is 8. The van der Waals surface area contributed by atoms with Crippen molar-refractivity contribution in [3.63, 3.8) is 0 Å². The van der Waals surface area contributed by atoms with E-state index < -0.39 is 10.9 Å². The normalized spacial score (nSPS) is 10.5. The molecule has 9 nitrogen and oxygen atoms in total. The van der Waals surface area contributed by atoms with E-state index >= 15 is 0 Å². The van der Waals surface area contributed by atoms with Crippen LogP contribution in [0.5, 0.6) is 11.5 Å². The quantitative estimate of drug-likeness (QED) is 0.257. The summed E-state index contributed by atoms with van der Waals surface area (Å²) in [6.45, 7) is 2.23. The van der Waals surface area contributed by atoms with Gasteiger partial charge in [-0.25, -0.2) is 4.79 Å². The zero-order chi connectivity index (χ0) is 20.1. The maximum Gasteiger partial charge on any atom is 0.343 e. The van der Waals surface area contributed by atoms with Crippen LogP contribution in [0.4, 0.5) is 5.69 Å². The third kappa shape index (κ3) is 4.29. The molecule has 0 aliphatic rings. The lowest BCUT2D eigenvalue weighted by molar-refractivity contribution is -0.387. The number of rotatable bonds is 7. The van der Waals surface area contributed by atoms with Crippen LogP contribution in [0.15, 0.2) is 58.8 Å². The summed E-state index contributed by atoms with van der Waals surface area (Å²) in [4.78, 5) is 23.8. The largest absolute Gasteiger partial charge is 0.490 e. The Bertz CT molecular complexity index is 1020. The Morgan fingerprint density at radius 2 is 2.00 bits per heavy atom. The van der Waals surface area contributed by atoms with Gasteiger partial charge in [-0.3, -0.25) is 10.1 Å². The fraction of sp³-hybridized carbons (Fsp3) is 0.167. The average Bonchev–Trinajstić information content (AvgIpc) is 3.08. The summed E-state index contributed by atoms with van der Waals surface area (Å²) >= 11 is 1.08. The molecule has 0 atom stereocenters. The molecule has 2 aromatic carbocycles. The van der Waals surface area contributed by atoms with Gasteiger partial charge in [0.25, 0.3) is 5.69 Å². The van der Waals surface area contributed by atoms with Crippen molar-refractivity contribution in [2.45, 2.75) is 17.0 Å². The van der Waals surface area contributed by atoms with E-state index in [9.17, 15) is 14.9 Å². The number of carbonyl (C=O) groups is 1. The molecule has 3 aromatic rings. The van der Waals surface area contributed by atoms with Crippen LogP contribution in [0.2, 0.25) is 0 Å². The van der Waals surface area contributed by atoms with E-state index in [0.29, 0.717) is 22.4 Å². The number of nitrogens with zero attached hydrogens (tertiary/aromatic N) is 4. The van der Waals surface area contributed by atoms with E-state index in [1.165, 1.54) is 24.5 Å². The number of para-hydroxylation sites is 2. The number of benzene rings is 2. The minimum absolute atomic E-state index is 0.0558. The first-order valence-electron chi connectivity index (χ1n) is 8.24. The highest BCUT2D eigenvalue weighted by molar-refractivity contribution is 7.99. The summed E-state index contributed by atoms with van der Waals surface area (Å²) in [6.07, 6.45) is 1.50. The lowest BCUT2D eigenvalue weighted by Crippen LogP contribution is -2.10. The smallest absolute Gasteiger partial charge is 0.343 e. The van der Waals surface area contributed by atoms with Gasteiger partial charge < -0.3 is 14.0 Å². The Balaban J connectivity index is 1.86. The van der Waals surface area contributed by atoms with Gasteiger partial charge >= 0.3 is 5.97 Å². The summed E-state index contributed by atoms with van der Waals surface area (Å²) in [5.74, 6) is -0.0534. The fourth-order valence-electron chi connectivity index (χ4n) is 2.30. The molecule has 0 saturated heterocycles. The molecule has 0 fully saturated rings. The zero-order valence-electron chi connectivity index (χ0n) is 15.1. The molecule has 0 N–H and O–H groups in total. The van der Waals surface area contributed by atoms with E-state index in [2.05, 4.69) is 10.2 Å². The summed E-state index contributed by atoms with van der Waals surface area (Å²) in [5, 5.41) is 19.6. The molecular formula is C18H16N4O5S. The van der Waals surface area contributed by atoms with E-state index in [1.54, 1.807) is 35.9 Å². The molecule has 0 spiro atoms. The summed E-state index contributed by atoms with van der Waals surface area (Å²) in [6, 6.07) is 10.9. The average molecular weight is 400 g/mol. The predicted molar refractivity (Wildman–Crippen MR) is 101 cm³/mol. The number of nitro benzene ring substituents is 1. The molecular weight excluding hydrogens is 384 g/mol. The number of aromatic nitrogens is 3. The van der Waals surface area contributed by atoms with E-state index in [4.69, 9.17) is 9.47 Å². The van der Waals surface area contributed by atoms with Gasteiger partial charge in [-0.1, -0.05) is 12.1 Å². The highest BCUT2D eigenvalue weighted by Crippen LogP contribution is 2.34. The molecule has 0 aliphatic carbocycles. The van der Waals surface area contributed by atoms with Crippen LogP contribution in [0.25, 0.3) is 0 Å². The van der Waals surface area contributed by atoms with Gasteiger partial charge in [0, 0.05) is 13.1 Å². The molecule has 0 aliphatic heterocycles. The Morgan fingerprint density at radius 3 is 2.64 bits per heavy atom. The number of aryl methyl sites for hydroxylation is 1. The van der Waals surface area contributed by atoms with Crippen molar-refractivity contribution in [1.29, 1.82) is 0 Å². The minimum atomic E-state index is -0.717. The van der Waals surface area contributed by atoms with Crippen LogP contribution in [-0.4, -0.2) is 32.3 Å². The van der Waals surface area contributed by atoms with Crippen LogP contribution in [-0.2, 0) is 7.05 Å². The van der Waals surface area contributed by atoms with Crippen molar-refractivity contribution in [3.8, 4) is 11.5 Å². The van der Waals surface area contributed by atoms with Gasteiger partial charge in [0.05, 0.1) is 22.0 Å². The number of nitro groups is 1. The van der Waals surface area contributed by atoms with Gasteiger partial charge in [-0.05, 0) is 43.0 Å². The highest BCUT2D eigenvalue weighted by atomic mass is 32.2. The lowest BCUT2D eigenvalue weighted by atomic mass is 10.2. The summed E-state index contributed by atoms with van der Waals surface area (Å²) in [7, 11) is 1.73. The number of esters is 1. The Kier molecular flexibility index (Phi) is 5.90. The van der Waals surface area contributed by atoms with Crippen molar-refractivity contribution in [1.82, 2.24) is 14.8 Å². The van der Waals surface area contributed by atoms with E-state index in [1.807, 2.05) is 6.92 Å². The molecule has 0 radical (unpaired) electrons.